The molecule has 0 aliphatic heterocycles. The third-order valence-corrected chi connectivity index (χ3v) is 4.31. The fourth-order valence-corrected chi connectivity index (χ4v) is 2.76. The molecule has 1 amide bonds. The number of amides is 1. The van der Waals surface area contributed by atoms with Crippen LogP contribution in [0.3, 0.4) is 0 Å². The van der Waals surface area contributed by atoms with Gasteiger partial charge in [0, 0.05) is 25.2 Å². The summed E-state index contributed by atoms with van der Waals surface area (Å²) in [4.78, 5) is 18.7. The van der Waals surface area contributed by atoms with Gasteiger partial charge in [-0.25, -0.2) is 9.37 Å². The van der Waals surface area contributed by atoms with E-state index in [2.05, 4.69) is 10.3 Å². The number of benzene rings is 2. The molecule has 0 unspecified atom stereocenters. The highest BCUT2D eigenvalue weighted by atomic mass is 19.1. The van der Waals surface area contributed by atoms with Crippen LogP contribution in [-0.2, 0) is 13.1 Å². The van der Waals surface area contributed by atoms with Gasteiger partial charge in [-0.05, 0) is 30.7 Å². The number of rotatable bonds is 7. The van der Waals surface area contributed by atoms with E-state index < -0.39 is 0 Å². The number of carbonyl (C=O) groups excluding carboxylic acids is 1. The van der Waals surface area contributed by atoms with Gasteiger partial charge in [0.1, 0.15) is 11.5 Å². The standard InChI is InChI=1S/C22H22FN3O/c1-2-26(16-17-8-4-3-5-9-17)22(27)21-13-12-19(15-25-21)24-14-18-10-6-7-11-20(18)23/h3-13,15,24H,2,14,16H2,1H3. The predicted molar refractivity (Wildman–Crippen MR) is 105 cm³/mol. The normalized spacial score (nSPS) is 10.4. The van der Waals surface area contributed by atoms with Crippen molar-refractivity contribution in [2.45, 2.75) is 20.0 Å². The molecule has 0 fully saturated rings. The molecule has 5 heteroatoms. The van der Waals surface area contributed by atoms with Crippen molar-refractivity contribution in [3.05, 3.63) is 95.6 Å². The van der Waals surface area contributed by atoms with E-state index in [9.17, 15) is 9.18 Å². The summed E-state index contributed by atoms with van der Waals surface area (Å²) in [6.07, 6.45) is 1.60. The summed E-state index contributed by atoms with van der Waals surface area (Å²) in [7, 11) is 0. The molecule has 0 aliphatic rings. The second-order valence-corrected chi connectivity index (χ2v) is 6.18. The maximum absolute atomic E-state index is 13.7. The fourth-order valence-electron chi connectivity index (χ4n) is 2.76. The minimum Gasteiger partial charge on any atom is -0.380 e. The number of pyridine rings is 1. The van der Waals surface area contributed by atoms with Gasteiger partial charge in [-0.2, -0.15) is 0 Å². The van der Waals surface area contributed by atoms with Crippen molar-refractivity contribution in [2.75, 3.05) is 11.9 Å². The highest BCUT2D eigenvalue weighted by molar-refractivity contribution is 5.92. The van der Waals surface area contributed by atoms with Crippen LogP contribution in [0.4, 0.5) is 10.1 Å². The number of hydrogen-bond acceptors (Lipinski definition) is 3. The molecule has 138 valence electrons. The smallest absolute Gasteiger partial charge is 0.272 e. The molecule has 0 aliphatic carbocycles. The molecule has 27 heavy (non-hydrogen) atoms. The van der Waals surface area contributed by atoms with E-state index in [0.717, 1.165) is 11.3 Å². The fraction of sp³-hybridized carbons (Fsp3) is 0.182. The number of nitrogens with one attached hydrogen (secondary N) is 1. The molecule has 0 atom stereocenters. The third kappa shape index (κ3) is 4.91. The Bertz CT molecular complexity index is 882. The number of hydrogen-bond donors (Lipinski definition) is 1. The van der Waals surface area contributed by atoms with Gasteiger partial charge in [0.05, 0.1) is 11.9 Å². The SMILES string of the molecule is CCN(Cc1ccccc1)C(=O)c1ccc(NCc2ccccc2F)cn1. The van der Waals surface area contributed by atoms with Gasteiger partial charge in [0.2, 0.25) is 0 Å². The molecule has 0 saturated heterocycles. The van der Waals surface area contributed by atoms with Crippen LogP contribution in [0.2, 0.25) is 0 Å². The van der Waals surface area contributed by atoms with Gasteiger partial charge in [0.15, 0.2) is 0 Å². The van der Waals surface area contributed by atoms with Crippen molar-refractivity contribution < 1.29 is 9.18 Å². The zero-order chi connectivity index (χ0) is 19.1. The van der Waals surface area contributed by atoms with Crippen LogP contribution in [0.1, 0.15) is 28.5 Å². The van der Waals surface area contributed by atoms with Crippen molar-refractivity contribution in [3.8, 4) is 0 Å². The second-order valence-electron chi connectivity index (χ2n) is 6.18. The molecule has 1 N–H and O–H groups in total. The van der Waals surface area contributed by atoms with Crippen LogP contribution in [0, 0.1) is 5.82 Å². The lowest BCUT2D eigenvalue weighted by molar-refractivity contribution is 0.0746. The van der Waals surface area contributed by atoms with E-state index in [-0.39, 0.29) is 11.7 Å². The summed E-state index contributed by atoms with van der Waals surface area (Å²) in [5.41, 5.74) is 2.79. The average Bonchev–Trinajstić information content (AvgIpc) is 2.72. The Labute approximate surface area is 158 Å². The van der Waals surface area contributed by atoms with Gasteiger partial charge < -0.3 is 10.2 Å². The lowest BCUT2D eigenvalue weighted by atomic mass is 10.2. The van der Waals surface area contributed by atoms with E-state index >= 15 is 0 Å². The minimum atomic E-state index is -0.246. The minimum absolute atomic E-state index is 0.109. The Morgan fingerprint density at radius 3 is 2.44 bits per heavy atom. The molecular weight excluding hydrogens is 341 g/mol. The van der Waals surface area contributed by atoms with Gasteiger partial charge in [0.25, 0.3) is 5.91 Å². The van der Waals surface area contributed by atoms with Gasteiger partial charge >= 0.3 is 0 Å². The lowest BCUT2D eigenvalue weighted by Gasteiger charge is -2.20. The van der Waals surface area contributed by atoms with Crippen LogP contribution in [0.15, 0.2) is 72.9 Å². The highest BCUT2D eigenvalue weighted by Crippen LogP contribution is 2.13. The van der Waals surface area contributed by atoms with Crippen LogP contribution in [0.25, 0.3) is 0 Å². The summed E-state index contributed by atoms with van der Waals surface area (Å²) < 4.78 is 13.7. The monoisotopic (exact) mass is 363 g/mol. The maximum Gasteiger partial charge on any atom is 0.272 e. The first-order valence-electron chi connectivity index (χ1n) is 8.94. The third-order valence-electron chi connectivity index (χ3n) is 4.31. The first-order valence-corrected chi connectivity index (χ1v) is 8.94. The summed E-state index contributed by atoms with van der Waals surface area (Å²) in [6.45, 7) is 3.45. The largest absolute Gasteiger partial charge is 0.380 e. The summed E-state index contributed by atoms with van der Waals surface area (Å²) in [6, 6.07) is 20.0. The molecule has 0 spiro atoms. The Hall–Kier alpha value is -3.21. The first-order chi connectivity index (χ1) is 13.2. The molecule has 0 radical (unpaired) electrons. The van der Waals surface area contributed by atoms with Crippen molar-refractivity contribution in [2.24, 2.45) is 0 Å². The van der Waals surface area contributed by atoms with E-state index in [1.807, 2.05) is 37.3 Å². The van der Waals surface area contributed by atoms with Gasteiger partial charge in [-0.1, -0.05) is 48.5 Å². The summed E-state index contributed by atoms with van der Waals surface area (Å²) in [5.74, 6) is -0.355. The quantitative estimate of drug-likeness (QED) is 0.672. The van der Waals surface area contributed by atoms with Crippen LogP contribution in [0.5, 0.6) is 0 Å². The number of halogens is 1. The Morgan fingerprint density at radius 2 is 1.78 bits per heavy atom. The van der Waals surface area contributed by atoms with Crippen molar-refractivity contribution >= 4 is 11.6 Å². The lowest BCUT2D eigenvalue weighted by Crippen LogP contribution is -2.30. The van der Waals surface area contributed by atoms with E-state index in [0.29, 0.717) is 30.9 Å². The highest BCUT2D eigenvalue weighted by Gasteiger charge is 2.15. The molecule has 1 aromatic heterocycles. The zero-order valence-electron chi connectivity index (χ0n) is 15.2. The van der Waals surface area contributed by atoms with Gasteiger partial charge in [-0.3, -0.25) is 4.79 Å². The van der Waals surface area contributed by atoms with Crippen molar-refractivity contribution in [3.63, 3.8) is 0 Å². The Balaban J connectivity index is 1.63. The predicted octanol–water partition coefficient (Wildman–Crippen LogP) is 4.50. The molecule has 1 heterocycles. The summed E-state index contributed by atoms with van der Waals surface area (Å²) in [5, 5.41) is 3.12. The Kier molecular flexibility index (Phi) is 6.15. The molecule has 0 bridgehead atoms. The molecule has 2 aromatic carbocycles. The molecular formula is C22H22FN3O. The van der Waals surface area contributed by atoms with Crippen LogP contribution < -0.4 is 5.32 Å². The summed E-state index contributed by atoms with van der Waals surface area (Å²) >= 11 is 0. The number of anilines is 1. The number of carbonyl (C=O) groups is 1. The maximum atomic E-state index is 13.7. The topological polar surface area (TPSA) is 45.2 Å². The van der Waals surface area contributed by atoms with Crippen molar-refractivity contribution in [1.82, 2.24) is 9.88 Å². The first kappa shape index (κ1) is 18.6. The average molecular weight is 363 g/mol. The molecule has 0 saturated carbocycles. The van der Waals surface area contributed by atoms with Crippen molar-refractivity contribution in [1.29, 1.82) is 0 Å². The second kappa shape index (κ2) is 8.94. The number of nitrogens with zero attached hydrogens (tertiary/aromatic N) is 2. The van der Waals surface area contributed by atoms with E-state index in [1.54, 1.807) is 41.4 Å². The molecule has 4 nitrogen and oxygen atoms in total. The van der Waals surface area contributed by atoms with E-state index in [1.165, 1.54) is 6.07 Å². The van der Waals surface area contributed by atoms with Crippen LogP contribution in [-0.4, -0.2) is 22.3 Å². The van der Waals surface area contributed by atoms with Gasteiger partial charge in [-0.15, -0.1) is 0 Å². The zero-order valence-corrected chi connectivity index (χ0v) is 15.2. The molecule has 3 aromatic rings. The Morgan fingerprint density at radius 1 is 1.04 bits per heavy atom. The van der Waals surface area contributed by atoms with Crippen LogP contribution >= 0.6 is 0 Å². The molecule has 3 rings (SSSR count). The number of aromatic nitrogens is 1. The van der Waals surface area contributed by atoms with E-state index in [4.69, 9.17) is 0 Å².